The molecule has 2 aromatic carbocycles. The number of anilines is 1. The molecule has 0 radical (unpaired) electrons. The number of aryl methyl sites for hydroxylation is 1. The van der Waals surface area contributed by atoms with E-state index in [1.54, 1.807) is 12.1 Å². The first-order valence-electron chi connectivity index (χ1n) is 6.16. The topological polar surface area (TPSA) is 55.1 Å². The molecule has 0 fully saturated rings. The van der Waals surface area contributed by atoms with Crippen molar-refractivity contribution in [2.75, 3.05) is 5.32 Å². The summed E-state index contributed by atoms with van der Waals surface area (Å²) in [5.74, 6) is -0.348. The normalized spacial score (nSPS) is 12.0. The Bertz CT molecular complexity index is 674. The predicted octanol–water partition coefficient (Wildman–Crippen LogP) is 4.70. The number of nitrogens with two attached hydrogens (primary N) is 1. The van der Waals surface area contributed by atoms with Crippen molar-refractivity contribution in [2.24, 2.45) is 5.73 Å². The lowest BCUT2D eigenvalue weighted by Crippen LogP contribution is -2.27. The van der Waals surface area contributed by atoms with Crippen LogP contribution >= 0.6 is 39.1 Å². The SMILES string of the molecule is Cc1ccc(C(N)C(=O)Nc2ccc(Br)c(Cl)c2Cl)cc1. The minimum atomic E-state index is -0.774. The molecule has 21 heavy (non-hydrogen) atoms. The van der Waals surface area contributed by atoms with Gasteiger partial charge in [0.1, 0.15) is 6.04 Å². The third-order valence-electron chi connectivity index (χ3n) is 3.01. The summed E-state index contributed by atoms with van der Waals surface area (Å²) in [6, 6.07) is 10.1. The van der Waals surface area contributed by atoms with Crippen LogP contribution in [0.3, 0.4) is 0 Å². The van der Waals surface area contributed by atoms with Gasteiger partial charge in [0.15, 0.2) is 0 Å². The van der Waals surface area contributed by atoms with Gasteiger partial charge in [-0.05, 0) is 40.5 Å². The number of halogens is 3. The van der Waals surface area contributed by atoms with E-state index in [9.17, 15) is 4.79 Å². The molecule has 0 aromatic heterocycles. The maximum Gasteiger partial charge on any atom is 0.245 e. The summed E-state index contributed by atoms with van der Waals surface area (Å²) in [5.41, 5.74) is 8.22. The molecule has 0 bridgehead atoms. The molecule has 1 atom stereocenters. The second-order valence-electron chi connectivity index (χ2n) is 4.60. The molecule has 6 heteroatoms. The Morgan fingerprint density at radius 3 is 2.38 bits per heavy atom. The highest BCUT2D eigenvalue weighted by molar-refractivity contribution is 9.10. The van der Waals surface area contributed by atoms with Crippen LogP contribution in [0.15, 0.2) is 40.9 Å². The van der Waals surface area contributed by atoms with Crippen LogP contribution in [-0.4, -0.2) is 5.91 Å². The minimum absolute atomic E-state index is 0.274. The van der Waals surface area contributed by atoms with Crippen molar-refractivity contribution in [3.8, 4) is 0 Å². The summed E-state index contributed by atoms with van der Waals surface area (Å²) in [7, 11) is 0. The van der Waals surface area contributed by atoms with Crippen LogP contribution in [0.4, 0.5) is 5.69 Å². The summed E-state index contributed by atoms with van der Waals surface area (Å²) in [6.07, 6.45) is 0. The van der Waals surface area contributed by atoms with Gasteiger partial charge in [-0.2, -0.15) is 0 Å². The summed E-state index contributed by atoms with van der Waals surface area (Å²) in [6.45, 7) is 1.97. The number of carbonyl (C=O) groups excluding carboxylic acids is 1. The number of rotatable bonds is 3. The first-order valence-corrected chi connectivity index (χ1v) is 7.71. The van der Waals surface area contributed by atoms with Gasteiger partial charge in [-0.1, -0.05) is 53.0 Å². The predicted molar refractivity (Wildman–Crippen MR) is 90.9 cm³/mol. The van der Waals surface area contributed by atoms with Crippen molar-refractivity contribution in [3.63, 3.8) is 0 Å². The summed E-state index contributed by atoms with van der Waals surface area (Å²) >= 11 is 15.4. The second kappa shape index (κ2) is 6.79. The van der Waals surface area contributed by atoms with Gasteiger partial charge < -0.3 is 11.1 Å². The minimum Gasteiger partial charge on any atom is -0.323 e. The van der Waals surface area contributed by atoms with Gasteiger partial charge in [-0.3, -0.25) is 4.79 Å². The number of amides is 1. The fourth-order valence-electron chi connectivity index (χ4n) is 1.76. The Balaban J connectivity index is 2.18. The van der Waals surface area contributed by atoms with Crippen molar-refractivity contribution in [1.82, 2.24) is 0 Å². The monoisotopic (exact) mass is 386 g/mol. The highest BCUT2D eigenvalue weighted by Gasteiger charge is 2.18. The molecule has 0 saturated carbocycles. The second-order valence-corrected chi connectivity index (χ2v) is 6.21. The number of benzene rings is 2. The molecule has 2 aromatic rings. The molecule has 0 aliphatic rings. The first kappa shape index (κ1) is 16.3. The molecule has 0 spiro atoms. The van der Waals surface area contributed by atoms with Crippen molar-refractivity contribution < 1.29 is 4.79 Å². The van der Waals surface area contributed by atoms with Crippen LogP contribution in [0.25, 0.3) is 0 Å². The van der Waals surface area contributed by atoms with Gasteiger partial charge in [0, 0.05) is 4.47 Å². The van der Waals surface area contributed by atoms with E-state index in [2.05, 4.69) is 21.2 Å². The van der Waals surface area contributed by atoms with E-state index in [0.717, 1.165) is 11.1 Å². The standard InChI is InChI=1S/C15H13BrCl2N2O/c1-8-2-4-9(5-3-8)14(19)15(21)20-11-7-6-10(16)12(17)13(11)18/h2-7,14H,19H2,1H3,(H,20,21). The van der Waals surface area contributed by atoms with Crippen LogP contribution in [0, 0.1) is 6.92 Å². The van der Waals surface area contributed by atoms with Gasteiger partial charge in [0.2, 0.25) is 5.91 Å². The number of carbonyl (C=O) groups is 1. The Morgan fingerprint density at radius 1 is 1.14 bits per heavy atom. The lowest BCUT2D eigenvalue weighted by molar-refractivity contribution is -0.117. The first-order chi connectivity index (χ1) is 9.90. The van der Waals surface area contributed by atoms with Crippen LogP contribution < -0.4 is 11.1 Å². The third kappa shape index (κ3) is 3.77. The van der Waals surface area contributed by atoms with Crippen molar-refractivity contribution >= 4 is 50.7 Å². The third-order valence-corrected chi connectivity index (χ3v) is 4.78. The molecular formula is C15H13BrCl2N2O. The Morgan fingerprint density at radius 2 is 1.76 bits per heavy atom. The van der Waals surface area contributed by atoms with Gasteiger partial charge in [-0.25, -0.2) is 0 Å². The maximum atomic E-state index is 12.2. The van der Waals surface area contributed by atoms with Gasteiger partial charge in [0.05, 0.1) is 15.7 Å². The summed E-state index contributed by atoms with van der Waals surface area (Å²) < 4.78 is 0.662. The lowest BCUT2D eigenvalue weighted by Gasteiger charge is -2.14. The maximum absolute atomic E-state index is 12.2. The van der Waals surface area contributed by atoms with Crippen LogP contribution in [0.5, 0.6) is 0 Å². The highest BCUT2D eigenvalue weighted by atomic mass is 79.9. The quantitative estimate of drug-likeness (QED) is 0.749. The Kier molecular flexibility index (Phi) is 5.27. The fourth-order valence-corrected chi connectivity index (χ4v) is 2.58. The van der Waals surface area contributed by atoms with Crippen molar-refractivity contribution in [1.29, 1.82) is 0 Å². The molecule has 110 valence electrons. The van der Waals surface area contributed by atoms with Crippen molar-refractivity contribution in [3.05, 3.63) is 62.0 Å². The zero-order valence-corrected chi connectivity index (χ0v) is 14.3. The molecular weight excluding hydrogens is 375 g/mol. The zero-order valence-electron chi connectivity index (χ0n) is 11.2. The average molecular weight is 388 g/mol. The molecule has 0 aliphatic heterocycles. The van der Waals surface area contributed by atoms with E-state index in [1.807, 2.05) is 31.2 Å². The molecule has 2 rings (SSSR count). The fraction of sp³-hybridized carbons (Fsp3) is 0.133. The number of nitrogens with one attached hydrogen (secondary N) is 1. The van der Waals surface area contributed by atoms with Crippen LogP contribution in [-0.2, 0) is 4.79 Å². The van der Waals surface area contributed by atoms with Crippen LogP contribution in [0.2, 0.25) is 10.0 Å². The summed E-state index contributed by atoms with van der Waals surface area (Å²) in [4.78, 5) is 12.2. The van der Waals surface area contributed by atoms with E-state index in [4.69, 9.17) is 28.9 Å². The Labute approximate surface area is 141 Å². The largest absolute Gasteiger partial charge is 0.323 e. The van der Waals surface area contributed by atoms with Gasteiger partial charge in [-0.15, -0.1) is 0 Å². The molecule has 0 aliphatic carbocycles. The van der Waals surface area contributed by atoms with E-state index < -0.39 is 6.04 Å². The summed E-state index contributed by atoms with van der Waals surface area (Å²) in [5, 5.41) is 3.31. The lowest BCUT2D eigenvalue weighted by atomic mass is 10.1. The van der Waals surface area contributed by atoms with E-state index in [0.29, 0.717) is 15.2 Å². The Hall–Kier alpha value is -1.07. The smallest absolute Gasteiger partial charge is 0.245 e. The number of hydrogen-bond acceptors (Lipinski definition) is 2. The van der Waals surface area contributed by atoms with E-state index in [-0.39, 0.29) is 10.9 Å². The van der Waals surface area contributed by atoms with Crippen molar-refractivity contribution in [2.45, 2.75) is 13.0 Å². The molecule has 3 nitrogen and oxygen atoms in total. The zero-order chi connectivity index (χ0) is 15.6. The molecule has 0 heterocycles. The van der Waals surface area contributed by atoms with Gasteiger partial charge in [0.25, 0.3) is 0 Å². The molecule has 1 unspecified atom stereocenters. The number of hydrogen-bond donors (Lipinski definition) is 2. The van der Waals surface area contributed by atoms with Gasteiger partial charge >= 0.3 is 0 Å². The van der Waals surface area contributed by atoms with E-state index >= 15 is 0 Å². The average Bonchev–Trinajstić information content (AvgIpc) is 2.48. The molecule has 1 amide bonds. The molecule has 0 saturated heterocycles. The van der Waals surface area contributed by atoms with E-state index in [1.165, 1.54) is 0 Å². The van der Waals surface area contributed by atoms with Crippen LogP contribution in [0.1, 0.15) is 17.2 Å². The molecule has 3 N–H and O–H groups in total. The highest BCUT2D eigenvalue weighted by Crippen LogP contribution is 2.36.